The van der Waals surface area contributed by atoms with Crippen molar-refractivity contribution in [2.75, 3.05) is 13.1 Å². The molecule has 0 radical (unpaired) electrons. The van der Waals surface area contributed by atoms with Crippen LogP contribution < -0.4 is 10.6 Å². The number of nitrogens with zero attached hydrogens (tertiary/aromatic N) is 5. The van der Waals surface area contributed by atoms with E-state index in [0.29, 0.717) is 11.3 Å². The van der Waals surface area contributed by atoms with Crippen molar-refractivity contribution in [3.63, 3.8) is 0 Å². The third kappa shape index (κ3) is 8.74. The third-order valence-corrected chi connectivity index (χ3v) is 6.43. The fraction of sp³-hybridized carbons (Fsp3) is 0.548. The van der Waals surface area contributed by atoms with Crippen LogP contribution in [0.4, 0.5) is 19.2 Å². The van der Waals surface area contributed by atoms with Crippen LogP contribution in [0.2, 0.25) is 0 Å². The summed E-state index contributed by atoms with van der Waals surface area (Å²) in [4.78, 5) is 63.8. The van der Waals surface area contributed by atoms with Gasteiger partial charge in [-0.15, -0.1) is 4.99 Å². The lowest BCUT2D eigenvalue weighted by Gasteiger charge is -2.32. The zero-order valence-electron chi connectivity index (χ0n) is 27.7. The van der Waals surface area contributed by atoms with Gasteiger partial charge < -0.3 is 24.4 Å². The molecule has 1 aromatic heterocycles. The quantitative estimate of drug-likeness (QED) is 0.258. The Hall–Kier alpha value is -4.66. The third-order valence-electron chi connectivity index (χ3n) is 6.43. The van der Waals surface area contributed by atoms with Crippen molar-refractivity contribution >= 4 is 30.3 Å². The molecule has 250 valence electrons. The number of urea groups is 1. The summed E-state index contributed by atoms with van der Waals surface area (Å²) in [5.41, 5.74) is -0.698. The van der Waals surface area contributed by atoms with Crippen molar-refractivity contribution in [2.45, 2.75) is 97.8 Å². The van der Waals surface area contributed by atoms with Crippen molar-refractivity contribution in [3.8, 4) is 0 Å². The number of hydrogen-bond acceptors (Lipinski definition) is 9. The van der Waals surface area contributed by atoms with E-state index < -0.39 is 53.2 Å². The Morgan fingerprint density at radius 2 is 1.52 bits per heavy atom. The Morgan fingerprint density at radius 1 is 0.913 bits per heavy atom. The van der Waals surface area contributed by atoms with Crippen molar-refractivity contribution in [1.29, 1.82) is 0 Å². The minimum Gasteiger partial charge on any atom is -0.444 e. The fourth-order valence-corrected chi connectivity index (χ4v) is 4.82. The number of nitrogens with one attached hydrogen (secondary N) is 2. The predicted octanol–water partition coefficient (Wildman–Crippen LogP) is 5.04. The molecule has 0 spiro atoms. The van der Waals surface area contributed by atoms with Crippen LogP contribution >= 0.6 is 0 Å². The first-order valence-corrected chi connectivity index (χ1v) is 14.9. The van der Waals surface area contributed by atoms with Gasteiger partial charge in [0.05, 0.1) is 24.5 Å². The lowest BCUT2D eigenvalue weighted by molar-refractivity contribution is -0.141. The molecule has 1 fully saturated rings. The second kappa shape index (κ2) is 13.0. The van der Waals surface area contributed by atoms with Crippen molar-refractivity contribution in [3.05, 3.63) is 53.3 Å². The fourth-order valence-electron chi connectivity index (χ4n) is 4.82. The summed E-state index contributed by atoms with van der Waals surface area (Å²) in [6, 6.07) is 7.52. The Kier molecular flexibility index (Phi) is 9.66. The summed E-state index contributed by atoms with van der Waals surface area (Å²) in [6.07, 6.45) is -1.07. The van der Waals surface area contributed by atoms with Gasteiger partial charge in [-0.05, 0) is 67.9 Å². The molecule has 1 saturated heterocycles. The maximum Gasteiger partial charge on any atom is 0.437 e. The van der Waals surface area contributed by atoms with Crippen LogP contribution in [0.15, 0.2) is 41.5 Å². The van der Waals surface area contributed by atoms with Gasteiger partial charge in [0.15, 0.2) is 0 Å². The van der Waals surface area contributed by atoms with Crippen molar-refractivity contribution < 1.29 is 38.2 Å². The molecule has 1 unspecified atom stereocenters. The number of carbonyl (C=O) groups is 4. The molecule has 0 saturated carbocycles. The molecule has 1 aromatic carbocycles. The van der Waals surface area contributed by atoms with E-state index >= 15 is 0 Å². The second-order valence-corrected chi connectivity index (χ2v) is 13.9. The van der Waals surface area contributed by atoms with Gasteiger partial charge >= 0.3 is 24.3 Å². The number of alkyl carbamates (subject to hydrolysis) is 2. The average molecular weight is 642 g/mol. The van der Waals surface area contributed by atoms with Crippen LogP contribution in [0.3, 0.4) is 0 Å². The number of amides is 5. The largest absolute Gasteiger partial charge is 0.444 e. The molecule has 2 aromatic rings. The number of carbonyl (C=O) groups excluding carboxylic acids is 4. The predicted molar refractivity (Wildman–Crippen MR) is 166 cm³/mol. The molecule has 0 aliphatic carbocycles. The zero-order valence-corrected chi connectivity index (χ0v) is 27.7. The number of aromatic nitrogens is 2. The van der Waals surface area contributed by atoms with Gasteiger partial charge in [-0.3, -0.25) is 10.2 Å². The first-order chi connectivity index (χ1) is 21.3. The Morgan fingerprint density at radius 3 is 2.13 bits per heavy atom. The maximum atomic E-state index is 13.8. The Balaban J connectivity index is 1.75. The number of fused-ring (bicyclic) bond motifs is 4. The van der Waals surface area contributed by atoms with E-state index in [4.69, 9.17) is 19.0 Å². The van der Waals surface area contributed by atoms with E-state index in [1.807, 2.05) is 30.3 Å². The summed E-state index contributed by atoms with van der Waals surface area (Å²) in [6.45, 7) is 15.6. The molecule has 5 amide bonds. The standard InChI is InChI=1S/C31H43N7O8/c1-29(2,3)44-25(39)32-16-21-23-20(22-17-36(21)28(42)38(22)43-18-19-13-11-10-12-14-19)15-33-37(23)24(34-26(40)45-30(4,5)6)35-27(41)46-31(7,8)9/h10-15,21-22H,16-18H2,1-9H3,(H,32,39)(H,34,35,40,41)/t21?,22-/m1/s1. The van der Waals surface area contributed by atoms with Gasteiger partial charge in [-0.2, -0.15) is 10.2 Å². The number of ether oxygens (including phenoxy) is 3. The monoisotopic (exact) mass is 641 g/mol. The number of aliphatic imine (C=N–C) groups is 1. The molecule has 46 heavy (non-hydrogen) atoms. The summed E-state index contributed by atoms with van der Waals surface area (Å²) in [7, 11) is 0. The highest BCUT2D eigenvalue weighted by Crippen LogP contribution is 2.44. The van der Waals surface area contributed by atoms with E-state index in [1.165, 1.54) is 20.8 Å². The molecular formula is C31H43N7O8. The molecule has 2 N–H and O–H groups in total. The van der Waals surface area contributed by atoms with Gasteiger partial charge in [0.25, 0.3) is 0 Å². The molecule has 2 atom stereocenters. The summed E-state index contributed by atoms with van der Waals surface area (Å²) in [5, 5.41) is 11.0. The van der Waals surface area contributed by atoms with Crippen LogP contribution in [0.5, 0.6) is 0 Å². The van der Waals surface area contributed by atoms with Gasteiger partial charge in [0.1, 0.15) is 29.5 Å². The van der Waals surface area contributed by atoms with Crippen LogP contribution in [0.25, 0.3) is 0 Å². The van der Waals surface area contributed by atoms with Gasteiger partial charge in [-0.25, -0.2) is 23.9 Å². The van der Waals surface area contributed by atoms with E-state index in [1.54, 1.807) is 62.3 Å². The molecule has 4 rings (SSSR count). The zero-order chi connectivity index (χ0) is 34.0. The summed E-state index contributed by atoms with van der Waals surface area (Å²) in [5.74, 6) is -0.321. The van der Waals surface area contributed by atoms with Crippen LogP contribution in [-0.4, -0.2) is 79.9 Å². The van der Waals surface area contributed by atoms with E-state index in [0.717, 1.165) is 5.56 Å². The minimum atomic E-state index is -0.991. The van der Waals surface area contributed by atoms with E-state index in [-0.39, 0.29) is 25.7 Å². The molecular weight excluding hydrogens is 598 g/mol. The molecule has 2 bridgehead atoms. The molecule has 15 heteroatoms. The smallest absolute Gasteiger partial charge is 0.437 e. The van der Waals surface area contributed by atoms with E-state index in [9.17, 15) is 19.2 Å². The van der Waals surface area contributed by atoms with Crippen LogP contribution in [0.1, 0.15) is 91.2 Å². The molecule has 2 aliphatic heterocycles. The van der Waals surface area contributed by atoms with E-state index in [2.05, 4.69) is 20.7 Å². The first-order valence-electron chi connectivity index (χ1n) is 14.9. The van der Waals surface area contributed by atoms with Gasteiger partial charge in [0.2, 0.25) is 5.96 Å². The number of hydroxylamine groups is 2. The second-order valence-electron chi connectivity index (χ2n) is 13.9. The number of rotatable bonds is 5. The molecule has 2 aliphatic rings. The lowest BCUT2D eigenvalue weighted by Crippen LogP contribution is -2.46. The SMILES string of the molecule is CC(C)(C)OC(=O)N=C(NC(=O)OC(C)(C)C)n1ncc2c1C(CNC(=O)OC(C)(C)C)N1C[C@H]2N(OCc2ccccc2)C1=O. The Bertz CT molecular complexity index is 1480. The number of hydrogen-bond donors (Lipinski definition) is 2. The topological polar surface area (TPSA) is 166 Å². The van der Waals surface area contributed by atoms with Crippen molar-refractivity contribution in [2.24, 2.45) is 4.99 Å². The highest BCUT2D eigenvalue weighted by Gasteiger charge is 2.51. The lowest BCUT2D eigenvalue weighted by atomic mass is 9.98. The van der Waals surface area contributed by atoms with Crippen molar-refractivity contribution in [1.82, 2.24) is 30.4 Å². The van der Waals surface area contributed by atoms with Gasteiger partial charge in [-0.1, -0.05) is 30.3 Å². The number of benzene rings is 1. The highest BCUT2D eigenvalue weighted by atomic mass is 16.7. The van der Waals surface area contributed by atoms with Crippen LogP contribution in [-0.2, 0) is 25.7 Å². The summed E-state index contributed by atoms with van der Waals surface area (Å²) >= 11 is 0. The minimum absolute atomic E-state index is 0.0925. The normalized spacial score (nSPS) is 18.2. The average Bonchev–Trinajstić information content (AvgIpc) is 3.45. The first kappa shape index (κ1) is 34.2. The van der Waals surface area contributed by atoms with Gasteiger partial charge in [0, 0.05) is 12.1 Å². The molecule has 15 nitrogen and oxygen atoms in total. The Labute approximate surface area is 268 Å². The summed E-state index contributed by atoms with van der Waals surface area (Å²) < 4.78 is 17.5. The maximum absolute atomic E-state index is 13.8. The van der Waals surface area contributed by atoms with Crippen LogP contribution in [0, 0.1) is 0 Å². The highest BCUT2D eigenvalue weighted by molar-refractivity contribution is 6.00. The molecule has 3 heterocycles.